The average Bonchev–Trinajstić information content (AvgIpc) is 2.83. The normalized spacial score (nSPS) is 19.9. The third-order valence-electron chi connectivity index (χ3n) is 4.07. The number of benzene rings is 1. The van der Waals surface area contributed by atoms with Gasteiger partial charge in [-0.25, -0.2) is 4.39 Å². The fourth-order valence-electron chi connectivity index (χ4n) is 3.00. The number of H-pyrrole nitrogens is 1. The Morgan fingerprint density at radius 1 is 1.25 bits per heavy atom. The van der Waals surface area contributed by atoms with Gasteiger partial charge in [0.25, 0.3) is 5.56 Å². The van der Waals surface area contributed by atoms with E-state index in [1.807, 2.05) is 0 Å². The van der Waals surface area contributed by atoms with Crippen molar-refractivity contribution in [2.45, 2.75) is 31.8 Å². The van der Waals surface area contributed by atoms with Gasteiger partial charge in [-0.1, -0.05) is 12.1 Å². The minimum absolute atomic E-state index is 0.108. The van der Waals surface area contributed by atoms with E-state index in [-0.39, 0.29) is 17.4 Å². The van der Waals surface area contributed by atoms with Gasteiger partial charge in [0.1, 0.15) is 11.6 Å². The van der Waals surface area contributed by atoms with Crippen molar-refractivity contribution in [1.29, 1.82) is 0 Å². The molecule has 0 radical (unpaired) electrons. The van der Waals surface area contributed by atoms with Gasteiger partial charge in [-0.05, 0) is 31.5 Å². The number of nitro groups is 1. The van der Waals surface area contributed by atoms with E-state index in [1.165, 1.54) is 16.8 Å². The van der Waals surface area contributed by atoms with Crippen LogP contribution in [0.2, 0.25) is 0 Å². The predicted octanol–water partition coefficient (Wildman–Crippen LogP) is 1.63. The SMILES string of the molecule is CC(C)n1[nH]c(=O)c2c1NC(=O)[C@H]([N+](=O)[O-])[C@@H]2c1ccc(F)cc1. The fourth-order valence-corrected chi connectivity index (χ4v) is 3.00. The van der Waals surface area contributed by atoms with E-state index in [4.69, 9.17) is 0 Å². The number of aromatic amines is 1. The summed E-state index contributed by atoms with van der Waals surface area (Å²) in [6, 6.07) is 3.17. The molecule has 24 heavy (non-hydrogen) atoms. The van der Waals surface area contributed by atoms with Crippen LogP contribution in [0.4, 0.5) is 10.2 Å². The van der Waals surface area contributed by atoms with Gasteiger partial charge in [0, 0.05) is 11.0 Å². The number of carbonyl (C=O) groups excluding carboxylic acids is 1. The van der Waals surface area contributed by atoms with Crippen LogP contribution in [0.5, 0.6) is 0 Å². The predicted molar refractivity (Wildman–Crippen MR) is 83.1 cm³/mol. The van der Waals surface area contributed by atoms with Crippen LogP contribution in [0.15, 0.2) is 29.1 Å². The highest BCUT2D eigenvalue weighted by molar-refractivity contribution is 5.97. The molecule has 1 aliphatic rings. The highest BCUT2D eigenvalue weighted by Gasteiger charge is 2.48. The van der Waals surface area contributed by atoms with E-state index in [2.05, 4.69) is 10.4 Å². The molecule has 3 rings (SSSR count). The summed E-state index contributed by atoms with van der Waals surface area (Å²) in [7, 11) is 0. The first-order valence-corrected chi connectivity index (χ1v) is 7.35. The lowest BCUT2D eigenvalue weighted by molar-refractivity contribution is -0.509. The number of carbonyl (C=O) groups is 1. The van der Waals surface area contributed by atoms with Gasteiger partial charge in [-0.2, -0.15) is 0 Å². The van der Waals surface area contributed by atoms with Crippen LogP contribution in [-0.4, -0.2) is 26.7 Å². The largest absolute Gasteiger partial charge is 0.305 e. The Bertz CT molecular complexity index is 869. The van der Waals surface area contributed by atoms with E-state index in [0.717, 1.165) is 12.1 Å². The molecular formula is C15H15FN4O4. The number of rotatable bonds is 3. The van der Waals surface area contributed by atoms with Crippen LogP contribution >= 0.6 is 0 Å². The molecule has 1 aromatic carbocycles. The maximum Gasteiger partial charge on any atom is 0.301 e. The Morgan fingerprint density at radius 2 is 1.88 bits per heavy atom. The topological polar surface area (TPSA) is 110 Å². The first kappa shape index (κ1) is 15.9. The Hall–Kier alpha value is -2.97. The highest BCUT2D eigenvalue weighted by Crippen LogP contribution is 2.37. The molecule has 1 amide bonds. The molecule has 1 aromatic heterocycles. The van der Waals surface area contributed by atoms with Crippen molar-refractivity contribution in [3.8, 4) is 0 Å². The van der Waals surface area contributed by atoms with E-state index < -0.39 is 34.2 Å². The summed E-state index contributed by atoms with van der Waals surface area (Å²) < 4.78 is 14.6. The molecule has 0 fully saturated rings. The number of anilines is 1. The molecular weight excluding hydrogens is 319 g/mol. The standard InChI is InChI=1S/C15H15FN4O4/c1-7(2)19-13-11(14(21)18-19)10(8-3-5-9(16)6-4-8)12(20(23)24)15(22)17-13/h3-7,10,12H,1-2H3,(H,17,22)(H,18,21)/t10-,12-/m1/s1. The first-order chi connectivity index (χ1) is 11.3. The summed E-state index contributed by atoms with van der Waals surface area (Å²) in [5, 5.41) is 16.5. The van der Waals surface area contributed by atoms with Gasteiger partial charge < -0.3 is 5.32 Å². The molecule has 2 aromatic rings. The molecule has 0 unspecified atom stereocenters. The van der Waals surface area contributed by atoms with E-state index in [1.54, 1.807) is 13.8 Å². The molecule has 0 saturated carbocycles. The molecule has 2 N–H and O–H groups in total. The molecule has 0 aliphatic carbocycles. The second-order valence-electron chi connectivity index (χ2n) is 5.92. The van der Waals surface area contributed by atoms with Gasteiger partial charge in [0.15, 0.2) is 0 Å². The van der Waals surface area contributed by atoms with Crippen molar-refractivity contribution in [2.24, 2.45) is 0 Å². The van der Waals surface area contributed by atoms with Crippen molar-refractivity contribution >= 4 is 11.7 Å². The number of aromatic nitrogens is 2. The summed E-state index contributed by atoms with van der Waals surface area (Å²) in [6.07, 6.45) is 0. The van der Waals surface area contributed by atoms with Gasteiger partial charge in [0.2, 0.25) is 0 Å². The van der Waals surface area contributed by atoms with Gasteiger partial charge in [-0.15, -0.1) is 0 Å². The number of halogens is 1. The van der Waals surface area contributed by atoms with Crippen molar-refractivity contribution in [1.82, 2.24) is 9.78 Å². The third kappa shape index (κ3) is 2.38. The van der Waals surface area contributed by atoms with Crippen LogP contribution in [0.1, 0.15) is 36.9 Å². The van der Waals surface area contributed by atoms with Gasteiger partial charge in [-0.3, -0.25) is 29.5 Å². The Morgan fingerprint density at radius 3 is 2.42 bits per heavy atom. The van der Waals surface area contributed by atoms with E-state index >= 15 is 0 Å². The molecule has 0 bridgehead atoms. The zero-order valence-corrected chi connectivity index (χ0v) is 12.9. The zero-order chi connectivity index (χ0) is 17.6. The smallest absolute Gasteiger partial charge is 0.301 e. The molecule has 2 atom stereocenters. The molecule has 8 nitrogen and oxygen atoms in total. The van der Waals surface area contributed by atoms with Crippen LogP contribution in [0.3, 0.4) is 0 Å². The number of nitrogens with one attached hydrogen (secondary N) is 2. The summed E-state index contributed by atoms with van der Waals surface area (Å²) >= 11 is 0. The minimum Gasteiger partial charge on any atom is -0.305 e. The highest BCUT2D eigenvalue weighted by atomic mass is 19.1. The van der Waals surface area contributed by atoms with Crippen LogP contribution < -0.4 is 10.9 Å². The van der Waals surface area contributed by atoms with E-state index in [9.17, 15) is 24.1 Å². The Kier molecular flexibility index (Phi) is 3.70. The quantitative estimate of drug-likeness (QED) is 0.656. The summed E-state index contributed by atoms with van der Waals surface area (Å²) in [4.78, 5) is 35.4. The molecule has 0 spiro atoms. The minimum atomic E-state index is -1.66. The molecule has 1 aliphatic heterocycles. The molecule has 0 saturated heterocycles. The maximum atomic E-state index is 13.2. The number of hydrogen-bond donors (Lipinski definition) is 2. The number of fused-ring (bicyclic) bond motifs is 1. The Labute approximate surface area is 135 Å². The number of hydrogen-bond acceptors (Lipinski definition) is 4. The molecule has 9 heteroatoms. The summed E-state index contributed by atoms with van der Waals surface area (Å²) in [5.74, 6) is -2.19. The van der Waals surface area contributed by atoms with Crippen molar-refractivity contribution in [3.63, 3.8) is 0 Å². The molecule has 126 valence electrons. The lowest BCUT2D eigenvalue weighted by Crippen LogP contribution is -2.45. The zero-order valence-electron chi connectivity index (χ0n) is 12.9. The summed E-state index contributed by atoms with van der Waals surface area (Å²) in [5.41, 5.74) is -0.0716. The van der Waals surface area contributed by atoms with Crippen molar-refractivity contribution < 1.29 is 14.1 Å². The average molecular weight is 334 g/mol. The number of nitrogens with zero attached hydrogens (tertiary/aromatic N) is 2. The fraction of sp³-hybridized carbons (Fsp3) is 0.333. The lowest BCUT2D eigenvalue weighted by atomic mass is 9.83. The van der Waals surface area contributed by atoms with Crippen molar-refractivity contribution in [3.05, 3.63) is 61.7 Å². The van der Waals surface area contributed by atoms with Crippen LogP contribution in [0.25, 0.3) is 0 Å². The number of amides is 1. The van der Waals surface area contributed by atoms with Crippen LogP contribution in [-0.2, 0) is 4.79 Å². The second kappa shape index (κ2) is 5.59. The van der Waals surface area contributed by atoms with Gasteiger partial charge in [0.05, 0.1) is 11.5 Å². The summed E-state index contributed by atoms with van der Waals surface area (Å²) in [6.45, 7) is 3.60. The van der Waals surface area contributed by atoms with Gasteiger partial charge >= 0.3 is 11.9 Å². The first-order valence-electron chi connectivity index (χ1n) is 7.35. The maximum absolute atomic E-state index is 13.2. The monoisotopic (exact) mass is 334 g/mol. The Balaban J connectivity index is 2.27. The lowest BCUT2D eigenvalue weighted by Gasteiger charge is -2.26. The second-order valence-corrected chi connectivity index (χ2v) is 5.92. The third-order valence-corrected chi connectivity index (χ3v) is 4.07. The molecule has 2 heterocycles. The van der Waals surface area contributed by atoms with E-state index in [0.29, 0.717) is 5.56 Å². The van der Waals surface area contributed by atoms with Crippen molar-refractivity contribution in [2.75, 3.05) is 5.32 Å². The van der Waals surface area contributed by atoms with Crippen LogP contribution in [0, 0.1) is 15.9 Å².